The lowest BCUT2D eigenvalue weighted by Gasteiger charge is -2.28. The van der Waals surface area contributed by atoms with E-state index < -0.39 is 0 Å². The third kappa shape index (κ3) is 2.87. The molecule has 0 aromatic rings. The van der Waals surface area contributed by atoms with Crippen LogP contribution in [0.2, 0.25) is 0 Å². The Morgan fingerprint density at radius 1 is 1.27 bits per heavy atom. The second kappa shape index (κ2) is 5.32. The molecular weight excluding hydrogens is 255 g/mol. The van der Waals surface area contributed by atoms with Crippen molar-refractivity contribution in [3.63, 3.8) is 0 Å². The van der Waals surface area contributed by atoms with Gasteiger partial charge in [-0.05, 0) is 19.8 Å². The largest absolute Gasteiger partial charge is 0.376 e. The fourth-order valence-corrected chi connectivity index (χ4v) is 2.15. The third-order valence-electron chi connectivity index (χ3n) is 2.14. The van der Waals surface area contributed by atoms with E-state index in [0.717, 1.165) is 13.0 Å². The van der Waals surface area contributed by atoms with Gasteiger partial charge in [0.25, 0.3) is 0 Å². The molecule has 0 N–H and O–H groups in total. The first kappa shape index (κ1) is 9.74. The standard InChI is InChI=1S/C8H15IO2/c1-2-10-7-5-3-4-6-8(7)11-9/h7-8H,2-6H2,1H3/t7-,8+/m1/s1. The van der Waals surface area contributed by atoms with Gasteiger partial charge in [-0.3, -0.25) is 0 Å². The van der Waals surface area contributed by atoms with Gasteiger partial charge in [0.1, 0.15) is 23.0 Å². The van der Waals surface area contributed by atoms with Crippen LogP contribution in [-0.2, 0) is 7.80 Å². The molecule has 11 heavy (non-hydrogen) atoms. The maximum atomic E-state index is 5.56. The van der Waals surface area contributed by atoms with Gasteiger partial charge in [-0.2, -0.15) is 0 Å². The SMILES string of the molecule is CCO[C@@H]1CCCC[C@@H]1OI. The number of ether oxygens (including phenoxy) is 1. The summed E-state index contributed by atoms with van der Waals surface area (Å²) in [7, 11) is 0. The first-order valence-corrected chi connectivity index (χ1v) is 5.15. The predicted octanol–water partition coefficient (Wildman–Crippen LogP) is 2.70. The minimum atomic E-state index is 0.337. The van der Waals surface area contributed by atoms with Crippen molar-refractivity contribution in [2.45, 2.75) is 44.8 Å². The zero-order chi connectivity index (χ0) is 8.10. The van der Waals surface area contributed by atoms with E-state index in [0.29, 0.717) is 12.2 Å². The summed E-state index contributed by atoms with van der Waals surface area (Å²) < 4.78 is 10.9. The molecule has 0 heterocycles. The lowest BCUT2D eigenvalue weighted by atomic mass is 9.95. The Bertz CT molecular complexity index is 106. The normalized spacial score (nSPS) is 32.2. The van der Waals surface area contributed by atoms with Crippen LogP contribution in [-0.4, -0.2) is 18.8 Å². The molecule has 1 rings (SSSR count). The van der Waals surface area contributed by atoms with Crippen molar-refractivity contribution in [3.8, 4) is 0 Å². The molecule has 1 aliphatic carbocycles. The second-order valence-corrected chi connectivity index (χ2v) is 3.41. The average molecular weight is 270 g/mol. The van der Waals surface area contributed by atoms with Crippen LogP contribution in [0.4, 0.5) is 0 Å². The number of halogens is 1. The Morgan fingerprint density at radius 3 is 2.45 bits per heavy atom. The predicted molar refractivity (Wildman–Crippen MR) is 52.8 cm³/mol. The van der Waals surface area contributed by atoms with Crippen LogP contribution in [0.5, 0.6) is 0 Å². The lowest BCUT2D eigenvalue weighted by molar-refractivity contribution is -0.0275. The number of hydrogen-bond acceptors (Lipinski definition) is 2. The molecule has 0 radical (unpaired) electrons. The molecule has 0 amide bonds. The molecule has 0 bridgehead atoms. The fourth-order valence-electron chi connectivity index (χ4n) is 1.57. The molecule has 2 atom stereocenters. The molecule has 2 nitrogen and oxygen atoms in total. The van der Waals surface area contributed by atoms with Crippen LogP contribution in [0.1, 0.15) is 32.6 Å². The van der Waals surface area contributed by atoms with Crippen molar-refractivity contribution >= 4 is 23.0 Å². The zero-order valence-corrected chi connectivity index (χ0v) is 9.04. The molecule has 3 heteroatoms. The second-order valence-electron chi connectivity index (χ2n) is 2.91. The maximum absolute atomic E-state index is 5.56. The van der Waals surface area contributed by atoms with Gasteiger partial charge in [0.15, 0.2) is 0 Å². The van der Waals surface area contributed by atoms with E-state index in [4.69, 9.17) is 7.80 Å². The molecule has 1 aliphatic rings. The quantitative estimate of drug-likeness (QED) is 0.734. The summed E-state index contributed by atoms with van der Waals surface area (Å²) in [6.07, 6.45) is 5.60. The van der Waals surface area contributed by atoms with Crippen LogP contribution in [0, 0.1) is 0 Å². The summed E-state index contributed by atoms with van der Waals surface area (Å²) in [5, 5.41) is 0. The van der Waals surface area contributed by atoms with Crippen molar-refractivity contribution in [2.75, 3.05) is 6.61 Å². The van der Waals surface area contributed by atoms with Crippen molar-refractivity contribution in [1.29, 1.82) is 0 Å². The fraction of sp³-hybridized carbons (Fsp3) is 1.00. The average Bonchev–Trinajstić information content (AvgIpc) is 2.06. The highest BCUT2D eigenvalue weighted by atomic mass is 127. The van der Waals surface area contributed by atoms with Crippen LogP contribution in [0.15, 0.2) is 0 Å². The van der Waals surface area contributed by atoms with Gasteiger partial charge >= 0.3 is 0 Å². The molecule has 0 aromatic heterocycles. The molecule has 0 spiro atoms. The minimum absolute atomic E-state index is 0.337. The molecule has 0 aromatic carbocycles. The topological polar surface area (TPSA) is 18.5 Å². The summed E-state index contributed by atoms with van der Waals surface area (Å²) >= 11 is 1.98. The molecule has 1 fully saturated rings. The van der Waals surface area contributed by atoms with Crippen LogP contribution < -0.4 is 0 Å². The molecule has 1 saturated carbocycles. The van der Waals surface area contributed by atoms with Crippen molar-refractivity contribution in [3.05, 3.63) is 0 Å². The number of hydrogen-bond donors (Lipinski definition) is 0. The van der Waals surface area contributed by atoms with Gasteiger partial charge in [0.2, 0.25) is 0 Å². The Kier molecular flexibility index (Phi) is 4.71. The van der Waals surface area contributed by atoms with Gasteiger partial charge < -0.3 is 7.80 Å². The highest BCUT2D eigenvalue weighted by Gasteiger charge is 2.25. The monoisotopic (exact) mass is 270 g/mol. The van der Waals surface area contributed by atoms with E-state index in [1.165, 1.54) is 19.3 Å². The third-order valence-corrected chi connectivity index (χ3v) is 2.79. The molecule has 0 aliphatic heterocycles. The van der Waals surface area contributed by atoms with E-state index >= 15 is 0 Å². The summed E-state index contributed by atoms with van der Waals surface area (Å²) in [5.41, 5.74) is 0. The Morgan fingerprint density at radius 2 is 1.91 bits per heavy atom. The van der Waals surface area contributed by atoms with Crippen LogP contribution in [0.3, 0.4) is 0 Å². The summed E-state index contributed by atoms with van der Waals surface area (Å²) in [5.74, 6) is 0. The maximum Gasteiger partial charge on any atom is 0.110 e. The van der Waals surface area contributed by atoms with Gasteiger partial charge in [0, 0.05) is 6.61 Å². The molecule has 0 unspecified atom stereocenters. The minimum Gasteiger partial charge on any atom is -0.376 e. The Balaban J connectivity index is 2.31. The highest BCUT2D eigenvalue weighted by Crippen LogP contribution is 2.25. The first-order chi connectivity index (χ1) is 5.38. The van der Waals surface area contributed by atoms with E-state index in [1.807, 2.05) is 29.9 Å². The molecule has 66 valence electrons. The van der Waals surface area contributed by atoms with Gasteiger partial charge in [-0.15, -0.1) is 0 Å². The Labute approximate surface area is 82.3 Å². The van der Waals surface area contributed by atoms with E-state index in [2.05, 4.69) is 0 Å². The summed E-state index contributed by atoms with van der Waals surface area (Å²) in [4.78, 5) is 0. The van der Waals surface area contributed by atoms with E-state index in [1.54, 1.807) is 0 Å². The lowest BCUT2D eigenvalue weighted by Crippen LogP contribution is -2.32. The summed E-state index contributed by atoms with van der Waals surface area (Å²) in [6.45, 7) is 2.85. The van der Waals surface area contributed by atoms with Crippen LogP contribution >= 0.6 is 23.0 Å². The highest BCUT2D eigenvalue weighted by molar-refractivity contribution is 14.1. The zero-order valence-electron chi connectivity index (χ0n) is 6.88. The van der Waals surface area contributed by atoms with Gasteiger partial charge in [-0.25, -0.2) is 0 Å². The van der Waals surface area contributed by atoms with E-state index in [9.17, 15) is 0 Å². The molecule has 0 saturated heterocycles. The van der Waals surface area contributed by atoms with E-state index in [-0.39, 0.29) is 0 Å². The summed E-state index contributed by atoms with van der Waals surface area (Å²) in [6, 6.07) is 0. The van der Waals surface area contributed by atoms with Crippen molar-refractivity contribution < 1.29 is 7.80 Å². The first-order valence-electron chi connectivity index (χ1n) is 4.27. The van der Waals surface area contributed by atoms with Gasteiger partial charge in [-0.1, -0.05) is 12.8 Å². The number of rotatable bonds is 3. The van der Waals surface area contributed by atoms with Gasteiger partial charge in [0.05, 0.1) is 12.2 Å². The van der Waals surface area contributed by atoms with Crippen molar-refractivity contribution in [2.24, 2.45) is 0 Å². The van der Waals surface area contributed by atoms with Crippen molar-refractivity contribution in [1.82, 2.24) is 0 Å². The smallest absolute Gasteiger partial charge is 0.110 e. The van der Waals surface area contributed by atoms with Crippen LogP contribution in [0.25, 0.3) is 0 Å². The Hall–Kier alpha value is 0.650. The molecular formula is C8H15IO2.